The van der Waals surface area contributed by atoms with Crippen molar-refractivity contribution in [2.24, 2.45) is 0 Å². The summed E-state index contributed by atoms with van der Waals surface area (Å²) in [6, 6.07) is -0.714. The van der Waals surface area contributed by atoms with Gasteiger partial charge in [0.05, 0.1) is 25.2 Å². The van der Waals surface area contributed by atoms with Gasteiger partial charge in [0.2, 0.25) is 5.91 Å². The predicted octanol–water partition coefficient (Wildman–Crippen LogP) is 17.3. The number of unbranched alkanes of at least 4 members (excludes halogenated alkanes) is 26. The standard InChI is InChI=1S/C60H107NO5/c1-4-7-10-13-16-19-22-25-27-28-29-30-32-35-38-41-44-47-50-53-60(65)66-56(51-48-45-42-39-36-33-24-21-18-15-12-9-6-3)54-59(64)61-57(55-62)58(63)52-49-46-43-40-37-34-31-26-23-20-17-14-11-8-5-2/h7,10,16,19,21,24-25,27,29-30,35,38,56-58,62-63H,4-6,8-9,11-15,17-18,20,22-23,26,28,31-34,36-37,39-55H2,1-3H3,(H,61,64)/b10-7-,19-16-,24-21-,27-25-,30-29-,38-35-. The van der Waals surface area contributed by atoms with Gasteiger partial charge in [0.1, 0.15) is 6.10 Å². The molecule has 6 nitrogen and oxygen atoms in total. The summed E-state index contributed by atoms with van der Waals surface area (Å²) in [5, 5.41) is 23.9. The molecule has 0 saturated heterocycles. The molecule has 6 heteroatoms. The van der Waals surface area contributed by atoms with Gasteiger partial charge in [-0.15, -0.1) is 0 Å². The van der Waals surface area contributed by atoms with Gasteiger partial charge in [-0.05, 0) is 96.3 Å². The lowest BCUT2D eigenvalue weighted by Crippen LogP contribution is -2.46. The lowest BCUT2D eigenvalue weighted by atomic mass is 10.0. The molecule has 0 spiro atoms. The second kappa shape index (κ2) is 53.3. The van der Waals surface area contributed by atoms with Crippen LogP contribution in [-0.2, 0) is 14.3 Å². The fourth-order valence-corrected chi connectivity index (χ4v) is 8.28. The minimum atomic E-state index is -0.799. The number of carbonyl (C=O) groups excluding carboxylic acids is 2. The lowest BCUT2D eigenvalue weighted by Gasteiger charge is -2.24. The Balaban J connectivity index is 4.60. The summed E-state index contributed by atoms with van der Waals surface area (Å²) in [5.41, 5.74) is 0. The first-order valence-corrected chi connectivity index (χ1v) is 28.2. The van der Waals surface area contributed by atoms with Crippen molar-refractivity contribution in [1.82, 2.24) is 5.32 Å². The molecule has 0 saturated carbocycles. The number of ether oxygens (including phenoxy) is 1. The van der Waals surface area contributed by atoms with Gasteiger partial charge in [-0.1, -0.05) is 235 Å². The number of esters is 1. The van der Waals surface area contributed by atoms with E-state index in [0.717, 1.165) is 103 Å². The van der Waals surface area contributed by atoms with Crippen LogP contribution in [0.25, 0.3) is 0 Å². The number of allylic oxidation sites excluding steroid dienone is 12. The fraction of sp³-hybridized carbons (Fsp3) is 0.767. The number of rotatable bonds is 50. The number of hydrogen-bond donors (Lipinski definition) is 3. The molecule has 0 aliphatic rings. The SMILES string of the molecule is CC/C=C\C/C=C\C/C=C\C/C=C\C/C=C\CCCCCC(=O)OC(CCCCCCC/C=C\CCCCCC)CC(=O)NC(CO)C(O)CCCCCCCCCCCCCCCCC. The molecule has 3 unspecified atom stereocenters. The van der Waals surface area contributed by atoms with Crippen molar-refractivity contribution in [2.75, 3.05) is 6.61 Å². The minimum Gasteiger partial charge on any atom is -0.462 e. The molecule has 382 valence electrons. The largest absolute Gasteiger partial charge is 0.462 e. The van der Waals surface area contributed by atoms with Gasteiger partial charge >= 0.3 is 5.97 Å². The number of carbonyl (C=O) groups is 2. The summed E-state index contributed by atoms with van der Waals surface area (Å²) < 4.78 is 5.94. The fourth-order valence-electron chi connectivity index (χ4n) is 8.28. The number of aliphatic hydroxyl groups is 2. The molecule has 0 rings (SSSR count). The average molecular weight is 923 g/mol. The van der Waals surface area contributed by atoms with E-state index >= 15 is 0 Å². The topological polar surface area (TPSA) is 95.9 Å². The number of nitrogens with one attached hydrogen (secondary N) is 1. The van der Waals surface area contributed by atoms with Crippen LogP contribution in [0, 0.1) is 0 Å². The molecule has 0 aromatic heterocycles. The highest BCUT2D eigenvalue weighted by Crippen LogP contribution is 2.18. The van der Waals surface area contributed by atoms with Crippen LogP contribution in [0.1, 0.15) is 271 Å². The third-order valence-electron chi connectivity index (χ3n) is 12.5. The molecule has 66 heavy (non-hydrogen) atoms. The summed E-state index contributed by atoms with van der Waals surface area (Å²) in [6.07, 6.45) is 68.2. The molecule has 0 bridgehead atoms. The normalized spacial score (nSPS) is 13.7. The van der Waals surface area contributed by atoms with Crippen LogP contribution in [0.15, 0.2) is 72.9 Å². The van der Waals surface area contributed by atoms with Crippen molar-refractivity contribution in [2.45, 2.75) is 289 Å². The van der Waals surface area contributed by atoms with Crippen molar-refractivity contribution in [3.05, 3.63) is 72.9 Å². The van der Waals surface area contributed by atoms with Crippen molar-refractivity contribution in [3.63, 3.8) is 0 Å². The van der Waals surface area contributed by atoms with Crippen LogP contribution in [0.4, 0.5) is 0 Å². The number of aliphatic hydroxyl groups excluding tert-OH is 2. The smallest absolute Gasteiger partial charge is 0.306 e. The quantitative estimate of drug-likeness (QED) is 0.0321. The van der Waals surface area contributed by atoms with Gasteiger partial charge in [-0.3, -0.25) is 9.59 Å². The zero-order valence-electron chi connectivity index (χ0n) is 43.6. The molecule has 0 aliphatic carbocycles. The highest BCUT2D eigenvalue weighted by molar-refractivity contribution is 5.77. The third kappa shape index (κ3) is 47.8. The van der Waals surface area contributed by atoms with Crippen molar-refractivity contribution >= 4 is 11.9 Å². The molecule has 0 radical (unpaired) electrons. The average Bonchev–Trinajstić information content (AvgIpc) is 3.31. The Morgan fingerprint density at radius 1 is 0.455 bits per heavy atom. The van der Waals surface area contributed by atoms with Crippen LogP contribution in [-0.4, -0.2) is 46.9 Å². The number of amides is 1. The molecule has 1 amide bonds. The predicted molar refractivity (Wildman–Crippen MR) is 287 cm³/mol. The molecular formula is C60H107NO5. The number of hydrogen-bond acceptors (Lipinski definition) is 5. The van der Waals surface area contributed by atoms with Crippen LogP contribution in [0.2, 0.25) is 0 Å². The molecule has 0 aliphatic heterocycles. The summed E-state index contributed by atoms with van der Waals surface area (Å²) >= 11 is 0. The maximum Gasteiger partial charge on any atom is 0.306 e. The van der Waals surface area contributed by atoms with Gasteiger partial charge in [0, 0.05) is 6.42 Å². The summed E-state index contributed by atoms with van der Waals surface area (Å²) in [6.45, 7) is 6.36. The Bertz CT molecular complexity index is 1220. The highest BCUT2D eigenvalue weighted by Gasteiger charge is 2.24. The third-order valence-corrected chi connectivity index (χ3v) is 12.5. The van der Waals surface area contributed by atoms with E-state index in [4.69, 9.17) is 4.74 Å². The first-order valence-electron chi connectivity index (χ1n) is 28.2. The van der Waals surface area contributed by atoms with Crippen molar-refractivity contribution in [3.8, 4) is 0 Å². The Hall–Kier alpha value is -2.70. The zero-order chi connectivity index (χ0) is 48.1. The molecule has 0 heterocycles. The van der Waals surface area contributed by atoms with Crippen LogP contribution >= 0.6 is 0 Å². The molecule has 0 fully saturated rings. The van der Waals surface area contributed by atoms with Gasteiger partial charge in [-0.2, -0.15) is 0 Å². The Morgan fingerprint density at radius 3 is 1.27 bits per heavy atom. The zero-order valence-corrected chi connectivity index (χ0v) is 43.6. The van der Waals surface area contributed by atoms with Crippen molar-refractivity contribution < 1.29 is 24.5 Å². The molecule has 0 aromatic carbocycles. The highest BCUT2D eigenvalue weighted by atomic mass is 16.5. The van der Waals surface area contributed by atoms with Crippen molar-refractivity contribution in [1.29, 1.82) is 0 Å². The van der Waals surface area contributed by atoms with Gasteiger partial charge in [0.15, 0.2) is 0 Å². The summed E-state index contributed by atoms with van der Waals surface area (Å²) in [4.78, 5) is 26.2. The van der Waals surface area contributed by atoms with Gasteiger partial charge in [0.25, 0.3) is 0 Å². The van der Waals surface area contributed by atoms with E-state index < -0.39 is 18.2 Å². The second-order valence-electron chi connectivity index (χ2n) is 19.0. The van der Waals surface area contributed by atoms with E-state index in [1.807, 2.05) is 0 Å². The van der Waals surface area contributed by atoms with E-state index in [1.54, 1.807) is 0 Å². The maximum atomic E-state index is 13.2. The summed E-state index contributed by atoms with van der Waals surface area (Å²) in [7, 11) is 0. The van der Waals surface area contributed by atoms with E-state index in [0.29, 0.717) is 19.3 Å². The Labute approximate surface area is 409 Å². The molecule has 3 N–H and O–H groups in total. The molecular weight excluding hydrogens is 815 g/mol. The first kappa shape index (κ1) is 63.3. The van der Waals surface area contributed by atoms with E-state index in [-0.39, 0.29) is 24.9 Å². The molecule has 0 aromatic rings. The Morgan fingerprint density at radius 2 is 0.818 bits per heavy atom. The maximum absolute atomic E-state index is 13.2. The first-order chi connectivity index (χ1) is 32.5. The van der Waals surface area contributed by atoms with Crippen LogP contribution < -0.4 is 5.32 Å². The van der Waals surface area contributed by atoms with E-state index in [9.17, 15) is 19.8 Å². The summed E-state index contributed by atoms with van der Waals surface area (Å²) in [5.74, 6) is -0.517. The second-order valence-corrected chi connectivity index (χ2v) is 19.0. The minimum absolute atomic E-state index is 0.0566. The Kier molecular flexibility index (Phi) is 51.1. The monoisotopic (exact) mass is 922 g/mol. The van der Waals surface area contributed by atoms with E-state index in [2.05, 4.69) is 99.0 Å². The van der Waals surface area contributed by atoms with Gasteiger partial charge < -0.3 is 20.3 Å². The lowest BCUT2D eigenvalue weighted by molar-refractivity contribution is -0.151. The van der Waals surface area contributed by atoms with Crippen LogP contribution in [0.3, 0.4) is 0 Å². The van der Waals surface area contributed by atoms with Gasteiger partial charge in [-0.25, -0.2) is 0 Å². The van der Waals surface area contributed by atoms with Crippen LogP contribution in [0.5, 0.6) is 0 Å². The molecule has 3 atom stereocenters. The van der Waals surface area contributed by atoms with E-state index in [1.165, 1.54) is 122 Å².